The lowest BCUT2D eigenvalue weighted by Gasteiger charge is -2.07. The van der Waals surface area contributed by atoms with E-state index in [1.165, 1.54) is 34.6 Å². The van der Waals surface area contributed by atoms with E-state index in [0.29, 0.717) is 0 Å². The average Bonchev–Trinajstić information content (AvgIpc) is 3.16. The van der Waals surface area contributed by atoms with Gasteiger partial charge in [-0.15, -0.1) is 11.3 Å². The minimum absolute atomic E-state index is 0.0312. The number of anilines is 1. The summed E-state index contributed by atoms with van der Waals surface area (Å²) in [5, 5.41) is 4.28. The molecule has 1 N–H and O–H groups in total. The first-order chi connectivity index (χ1) is 12.1. The molecule has 4 rings (SSSR count). The van der Waals surface area contributed by atoms with Crippen LogP contribution in [0.3, 0.4) is 0 Å². The van der Waals surface area contributed by atoms with Gasteiger partial charge in [-0.05, 0) is 37.0 Å². The van der Waals surface area contributed by atoms with Crippen molar-refractivity contribution in [2.75, 3.05) is 11.1 Å². The normalized spacial score (nSPS) is 13.2. The zero-order valence-corrected chi connectivity index (χ0v) is 14.6. The molecule has 0 bridgehead atoms. The predicted molar refractivity (Wildman–Crippen MR) is 95.2 cm³/mol. The number of thiophene rings is 1. The molecule has 0 radical (unpaired) electrons. The fourth-order valence-corrected chi connectivity index (χ4v) is 5.04. The van der Waals surface area contributed by atoms with Crippen LogP contribution in [0, 0.1) is 11.6 Å². The molecule has 0 spiro atoms. The van der Waals surface area contributed by atoms with Crippen LogP contribution < -0.4 is 5.32 Å². The van der Waals surface area contributed by atoms with Gasteiger partial charge in [-0.3, -0.25) is 4.79 Å². The van der Waals surface area contributed by atoms with Crippen molar-refractivity contribution in [2.45, 2.75) is 24.3 Å². The first-order valence-corrected chi connectivity index (χ1v) is 9.55. The Labute approximate surface area is 150 Å². The van der Waals surface area contributed by atoms with Crippen LogP contribution in [-0.4, -0.2) is 21.6 Å². The molecule has 0 atom stereocenters. The molecule has 0 saturated carbocycles. The number of aromatic nitrogens is 2. The maximum Gasteiger partial charge on any atom is 0.234 e. The second-order valence-electron chi connectivity index (χ2n) is 5.68. The summed E-state index contributed by atoms with van der Waals surface area (Å²) in [6.07, 6.45) is 4.74. The number of fused-ring (bicyclic) bond motifs is 3. The van der Waals surface area contributed by atoms with E-state index in [1.54, 1.807) is 11.3 Å². The molecule has 0 aliphatic heterocycles. The monoisotopic (exact) mass is 377 g/mol. The van der Waals surface area contributed by atoms with E-state index in [4.69, 9.17) is 0 Å². The summed E-state index contributed by atoms with van der Waals surface area (Å²) in [6.45, 7) is 0. The highest BCUT2D eigenvalue weighted by molar-refractivity contribution is 8.00. The number of carbonyl (C=O) groups excluding carboxylic acids is 1. The Morgan fingerprint density at radius 1 is 1.28 bits per heavy atom. The lowest BCUT2D eigenvalue weighted by atomic mass is 10.2. The van der Waals surface area contributed by atoms with Crippen molar-refractivity contribution in [3.8, 4) is 0 Å². The number of halogens is 2. The third-order valence-electron chi connectivity index (χ3n) is 4.01. The Kier molecular flexibility index (Phi) is 4.39. The summed E-state index contributed by atoms with van der Waals surface area (Å²) in [5.41, 5.74) is 1.27. The minimum Gasteiger partial charge on any atom is -0.323 e. The Hall–Kier alpha value is -2.06. The number of carbonyl (C=O) groups is 1. The van der Waals surface area contributed by atoms with E-state index in [9.17, 15) is 13.6 Å². The molecule has 4 nitrogen and oxygen atoms in total. The molecular formula is C17H13F2N3OS2. The van der Waals surface area contributed by atoms with Gasteiger partial charge in [0.05, 0.1) is 11.4 Å². The van der Waals surface area contributed by atoms with Gasteiger partial charge < -0.3 is 5.32 Å². The molecule has 25 heavy (non-hydrogen) atoms. The largest absolute Gasteiger partial charge is 0.323 e. The summed E-state index contributed by atoms with van der Waals surface area (Å²) in [7, 11) is 0. The molecule has 8 heteroatoms. The number of amides is 1. The van der Waals surface area contributed by atoms with Gasteiger partial charge in [0.15, 0.2) is 0 Å². The van der Waals surface area contributed by atoms with Crippen LogP contribution in [0.25, 0.3) is 10.2 Å². The van der Waals surface area contributed by atoms with Crippen LogP contribution in [0.4, 0.5) is 14.5 Å². The first kappa shape index (κ1) is 16.4. The Balaban J connectivity index is 1.50. The predicted octanol–water partition coefficient (Wildman–Crippen LogP) is 4.19. The van der Waals surface area contributed by atoms with Crippen LogP contribution in [-0.2, 0) is 17.6 Å². The summed E-state index contributed by atoms with van der Waals surface area (Å²) in [6, 6.07) is 3.06. The number of hydrogen-bond acceptors (Lipinski definition) is 5. The van der Waals surface area contributed by atoms with Crippen LogP contribution in [0.2, 0.25) is 0 Å². The molecule has 0 saturated heterocycles. The van der Waals surface area contributed by atoms with Crippen molar-refractivity contribution in [3.05, 3.63) is 46.6 Å². The Morgan fingerprint density at radius 3 is 3.00 bits per heavy atom. The standard InChI is InChI=1S/C17H13F2N3OS2/c18-9-4-5-12(11(19)6-9)22-14(23)7-24-16-15-10-2-1-3-13(10)25-17(15)21-8-20-16/h4-6,8H,1-3,7H2,(H,22,23). The molecule has 0 unspecified atom stereocenters. The summed E-state index contributed by atoms with van der Waals surface area (Å²) < 4.78 is 26.5. The van der Waals surface area contributed by atoms with Crippen molar-refractivity contribution in [3.63, 3.8) is 0 Å². The van der Waals surface area contributed by atoms with E-state index in [2.05, 4.69) is 15.3 Å². The average molecular weight is 377 g/mol. The Bertz CT molecular complexity index is 974. The first-order valence-electron chi connectivity index (χ1n) is 7.75. The number of rotatable bonds is 4. The van der Waals surface area contributed by atoms with Crippen LogP contribution in [0.1, 0.15) is 16.9 Å². The molecular weight excluding hydrogens is 364 g/mol. The number of nitrogens with zero attached hydrogens (tertiary/aromatic N) is 2. The van der Waals surface area contributed by atoms with Gasteiger partial charge in [-0.1, -0.05) is 11.8 Å². The third kappa shape index (κ3) is 3.23. The van der Waals surface area contributed by atoms with Gasteiger partial charge >= 0.3 is 0 Å². The SMILES string of the molecule is O=C(CSc1ncnc2sc3c(c12)CCC3)Nc1ccc(F)cc1F. The van der Waals surface area contributed by atoms with Crippen LogP contribution in [0.15, 0.2) is 29.6 Å². The molecule has 128 valence electrons. The van der Waals surface area contributed by atoms with E-state index in [0.717, 1.165) is 46.6 Å². The lowest BCUT2D eigenvalue weighted by Crippen LogP contribution is -2.15. The highest BCUT2D eigenvalue weighted by Gasteiger charge is 2.21. The van der Waals surface area contributed by atoms with E-state index >= 15 is 0 Å². The third-order valence-corrected chi connectivity index (χ3v) is 6.20. The zero-order chi connectivity index (χ0) is 17.4. The maximum absolute atomic E-state index is 13.6. The number of aryl methyl sites for hydroxylation is 2. The van der Waals surface area contributed by atoms with Gasteiger partial charge in [0.25, 0.3) is 0 Å². The second kappa shape index (κ2) is 6.68. The van der Waals surface area contributed by atoms with Gasteiger partial charge in [0.1, 0.15) is 27.8 Å². The maximum atomic E-state index is 13.6. The van der Waals surface area contributed by atoms with Crippen molar-refractivity contribution < 1.29 is 13.6 Å². The number of nitrogens with one attached hydrogen (secondary N) is 1. The smallest absolute Gasteiger partial charge is 0.234 e. The molecule has 1 aliphatic rings. The molecule has 2 heterocycles. The van der Waals surface area contributed by atoms with E-state index < -0.39 is 11.6 Å². The van der Waals surface area contributed by atoms with Gasteiger partial charge in [0.2, 0.25) is 5.91 Å². The molecule has 3 aromatic rings. The van der Waals surface area contributed by atoms with Crippen LogP contribution >= 0.6 is 23.1 Å². The van der Waals surface area contributed by atoms with E-state index in [-0.39, 0.29) is 17.3 Å². The quantitative estimate of drug-likeness (QED) is 0.547. The summed E-state index contributed by atoms with van der Waals surface area (Å²) in [5.74, 6) is -1.75. The molecule has 1 aromatic carbocycles. The van der Waals surface area contributed by atoms with Crippen molar-refractivity contribution in [2.24, 2.45) is 0 Å². The fourth-order valence-electron chi connectivity index (χ4n) is 2.92. The minimum atomic E-state index is -0.793. The van der Waals surface area contributed by atoms with Crippen molar-refractivity contribution in [1.29, 1.82) is 0 Å². The molecule has 1 amide bonds. The molecule has 0 fully saturated rings. The number of thioether (sulfide) groups is 1. The van der Waals surface area contributed by atoms with Gasteiger partial charge in [-0.2, -0.15) is 0 Å². The van der Waals surface area contributed by atoms with Crippen LogP contribution in [0.5, 0.6) is 0 Å². The zero-order valence-electron chi connectivity index (χ0n) is 13.0. The van der Waals surface area contributed by atoms with Gasteiger partial charge in [0, 0.05) is 16.3 Å². The van der Waals surface area contributed by atoms with Crippen molar-refractivity contribution in [1.82, 2.24) is 9.97 Å². The second-order valence-corrected chi connectivity index (χ2v) is 7.73. The lowest BCUT2D eigenvalue weighted by molar-refractivity contribution is -0.113. The number of benzene rings is 1. The van der Waals surface area contributed by atoms with Gasteiger partial charge in [-0.25, -0.2) is 18.7 Å². The number of hydrogen-bond donors (Lipinski definition) is 1. The summed E-state index contributed by atoms with van der Waals surface area (Å²) in [4.78, 5) is 23.1. The highest BCUT2D eigenvalue weighted by Crippen LogP contribution is 2.39. The molecule has 2 aromatic heterocycles. The Morgan fingerprint density at radius 2 is 2.16 bits per heavy atom. The highest BCUT2D eigenvalue weighted by atomic mass is 32.2. The summed E-state index contributed by atoms with van der Waals surface area (Å²) >= 11 is 2.99. The van der Waals surface area contributed by atoms with E-state index in [1.807, 2.05) is 0 Å². The van der Waals surface area contributed by atoms with Crippen molar-refractivity contribution >= 4 is 44.9 Å². The molecule has 1 aliphatic carbocycles. The topological polar surface area (TPSA) is 54.9 Å². The fraction of sp³-hybridized carbons (Fsp3) is 0.235.